The Balaban J connectivity index is 2.14. The van der Waals surface area contributed by atoms with E-state index in [0.29, 0.717) is 27.9 Å². The molecule has 7 heteroatoms. The fraction of sp³-hybridized carbons (Fsp3) is 0.263. The number of phenolic OH excluding ortho intramolecular Hbond substituents is 1. The van der Waals surface area contributed by atoms with E-state index in [4.69, 9.17) is 0 Å². The Bertz CT molecular complexity index is 798. The number of carbonyl (C=O) groups excluding carboxylic acids is 2. The molecule has 1 atom stereocenters. The SMILES string of the molecule is CSCCC(NC(=O)c1ccccc1Br)C(=O)Nc1ccc(C)cc1O. The maximum absolute atomic E-state index is 12.6. The Labute approximate surface area is 165 Å². The lowest BCUT2D eigenvalue weighted by Crippen LogP contribution is -2.44. The summed E-state index contributed by atoms with van der Waals surface area (Å²) >= 11 is 4.94. The van der Waals surface area contributed by atoms with Crippen molar-refractivity contribution in [3.63, 3.8) is 0 Å². The van der Waals surface area contributed by atoms with Crippen LogP contribution in [0, 0.1) is 6.92 Å². The zero-order valence-electron chi connectivity index (χ0n) is 14.6. The molecular weight excluding hydrogens is 416 g/mol. The van der Waals surface area contributed by atoms with Crippen LogP contribution in [0.2, 0.25) is 0 Å². The number of amides is 2. The molecule has 2 amide bonds. The van der Waals surface area contributed by atoms with Crippen LogP contribution in [0.4, 0.5) is 5.69 Å². The van der Waals surface area contributed by atoms with E-state index in [1.807, 2.05) is 19.2 Å². The normalized spacial score (nSPS) is 11.7. The summed E-state index contributed by atoms with van der Waals surface area (Å²) in [6.07, 6.45) is 2.42. The summed E-state index contributed by atoms with van der Waals surface area (Å²) in [6, 6.07) is 11.4. The van der Waals surface area contributed by atoms with Crippen LogP contribution in [-0.2, 0) is 4.79 Å². The summed E-state index contributed by atoms with van der Waals surface area (Å²) in [6.45, 7) is 1.85. The molecule has 0 saturated heterocycles. The molecule has 5 nitrogen and oxygen atoms in total. The number of phenols is 1. The lowest BCUT2D eigenvalue weighted by atomic mass is 10.1. The highest BCUT2D eigenvalue weighted by Gasteiger charge is 2.22. The number of hydrogen-bond acceptors (Lipinski definition) is 4. The minimum absolute atomic E-state index is 0.000836. The summed E-state index contributed by atoms with van der Waals surface area (Å²) in [7, 11) is 0. The molecule has 2 rings (SSSR count). The maximum atomic E-state index is 12.6. The van der Waals surface area contributed by atoms with E-state index in [0.717, 1.165) is 5.56 Å². The molecule has 0 fully saturated rings. The predicted molar refractivity (Wildman–Crippen MR) is 110 cm³/mol. The molecule has 3 N–H and O–H groups in total. The van der Waals surface area contributed by atoms with Crippen LogP contribution in [0.1, 0.15) is 22.3 Å². The average Bonchev–Trinajstić information content (AvgIpc) is 2.61. The molecular formula is C19H21BrN2O3S. The van der Waals surface area contributed by atoms with Crippen molar-refractivity contribution in [3.05, 3.63) is 58.1 Å². The second-order valence-electron chi connectivity index (χ2n) is 5.80. The van der Waals surface area contributed by atoms with Crippen molar-refractivity contribution in [1.29, 1.82) is 0 Å². The summed E-state index contributed by atoms with van der Waals surface area (Å²) < 4.78 is 0.665. The van der Waals surface area contributed by atoms with E-state index in [1.165, 1.54) is 0 Å². The first-order chi connectivity index (χ1) is 12.4. The maximum Gasteiger partial charge on any atom is 0.253 e. The van der Waals surface area contributed by atoms with Gasteiger partial charge in [-0.15, -0.1) is 0 Å². The molecule has 0 saturated carbocycles. The van der Waals surface area contributed by atoms with E-state index in [2.05, 4.69) is 26.6 Å². The number of anilines is 1. The van der Waals surface area contributed by atoms with Gasteiger partial charge in [-0.3, -0.25) is 9.59 Å². The van der Waals surface area contributed by atoms with Crippen molar-refractivity contribution in [2.45, 2.75) is 19.4 Å². The van der Waals surface area contributed by atoms with Gasteiger partial charge in [-0.2, -0.15) is 11.8 Å². The van der Waals surface area contributed by atoms with Crippen LogP contribution in [0.3, 0.4) is 0 Å². The molecule has 0 spiro atoms. The van der Waals surface area contributed by atoms with Crippen LogP contribution >= 0.6 is 27.7 Å². The largest absolute Gasteiger partial charge is 0.506 e. The quantitative estimate of drug-likeness (QED) is 0.574. The van der Waals surface area contributed by atoms with Crippen molar-refractivity contribution < 1.29 is 14.7 Å². The standard InChI is InChI=1S/C19H21BrN2O3S/c1-12-7-8-15(17(23)11-12)21-19(25)16(9-10-26-2)22-18(24)13-5-3-4-6-14(13)20/h3-8,11,16,23H,9-10H2,1-2H3,(H,21,25)(H,22,24). The number of carbonyl (C=O) groups is 2. The molecule has 0 heterocycles. The van der Waals surface area contributed by atoms with Crippen molar-refractivity contribution in [2.24, 2.45) is 0 Å². The monoisotopic (exact) mass is 436 g/mol. The molecule has 0 aliphatic carbocycles. The third-order valence-electron chi connectivity index (χ3n) is 3.76. The van der Waals surface area contributed by atoms with Crippen molar-refractivity contribution >= 4 is 45.2 Å². The van der Waals surface area contributed by atoms with Gasteiger partial charge in [0.1, 0.15) is 11.8 Å². The lowest BCUT2D eigenvalue weighted by Gasteiger charge is -2.19. The zero-order valence-corrected chi connectivity index (χ0v) is 17.0. The Kier molecular flexibility index (Phi) is 7.53. The Morgan fingerprint density at radius 1 is 1.23 bits per heavy atom. The number of hydrogen-bond donors (Lipinski definition) is 3. The Morgan fingerprint density at radius 3 is 2.62 bits per heavy atom. The van der Waals surface area contributed by atoms with E-state index >= 15 is 0 Å². The van der Waals surface area contributed by atoms with Gasteiger partial charge in [0, 0.05) is 4.47 Å². The smallest absolute Gasteiger partial charge is 0.253 e. The Hall–Kier alpha value is -1.99. The fourth-order valence-electron chi connectivity index (χ4n) is 2.35. The molecule has 26 heavy (non-hydrogen) atoms. The number of nitrogens with one attached hydrogen (secondary N) is 2. The average molecular weight is 437 g/mol. The van der Waals surface area contributed by atoms with Gasteiger partial charge in [-0.25, -0.2) is 0 Å². The minimum atomic E-state index is -0.706. The van der Waals surface area contributed by atoms with Crippen molar-refractivity contribution in [1.82, 2.24) is 5.32 Å². The minimum Gasteiger partial charge on any atom is -0.506 e. The van der Waals surface area contributed by atoms with Gasteiger partial charge in [0.15, 0.2) is 0 Å². The molecule has 0 aliphatic rings. The molecule has 0 radical (unpaired) electrons. The summed E-state index contributed by atoms with van der Waals surface area (Å²) in [5.74, 6) is 0.0263. The van der Waals surface area contributed by atoms with Gasteiger partial charge in [0.2, 0.25) is 5.91 Å². The second kappa shape index (κ2) is 9.64. The van der Waals surface area contributed by atoms with E-state index in [1.54, 1.807) is 48.2 Å². The van der Waals surface area contributed by atoms with Crippen LogP contribution in [0.25, 0.3) is 0 Å². The first-order valence-electron chi connectivity index (χ1n) is 8.07. The first-order valence-corrected chi connectivity index (χ1v) is 10.3. The third kappa shape index (κ3) is 5.51. The fourth-order valence-corrected chi connectivity index (χ4v) is 3.29. The zero-order chi connectivity index (χ0) is 19.1. The second-order valence-corrected chi connectivity index (χ2v) is 7.64. The number of halogens is 1. The van der Waals surface area contributed by atoms with Gasteiger partial charge in [-0.05, 0) is 71.1 Å². The molecule has 0 aliphatic heterocycles. The van der Waals surface area contributed by atoms with Gasteiger partial charge in [-0.1, -0.05) is 18.2 Å². The lowest BCUT2D eigenvalue weighted by molar-refractivity contribution is -0.118. The van der Waals surface area contributed by atoms with Gasteiger partial charge < -0.3 is 15.7 Å². The molecule has 0 bridgehead atoms. The van der Waals surface area contributed by atoms with Crippen LogP contribution < -0.4 is 10.6 Å². The number of thioether (sulfide) groups is 1. The number of aromatic hydroxyl groups is 1. The number of benzene rings is 2. The Morgan fingerprint density at radius 2 is 1.96 bits per heavy atom. The van der Waals surface area contributed by atoms with E-state index < -0.39 is 6.04 Å². The van der Waals surface area contributed by atoms with Gasteiger partial charge in [0.25, 0.3) is 5.91 Å². The van der Waals surface area contributed by atoms with Crippen LogP contribution in [0.15, 0.2) is 46.9 Å². The van der Waals surface area contributed by atoms with Crippen molar-refractivity contribution in [2.75, 3.05) is 17.3 Å². The van der Waals surface area contributed by atoms with E-state index in [9.17, 15) is 14.7 Å². The molecule has 0 aromatic heterocycles. The number of rotatable bonds is 7. The van der Waals surface area contributed by atoms with Gasteiger partial charge >= 0.3 is 0 Å². The highest BCUT2D eigenvalue weighted by molar-refractivity contribution is 9.10. The van der Waals surface area contributed by atoms with Crippen molar-refractivity contribution in [3.8, 4) is 5.75 Å². The van der Waals surface area contributed by atoms with Gasteiger partial charge in [0.05, 0.1) is 11.3 Å². The van der Waals surface area contributed by atoms with Crippen LogP contribution in [0.5, 0.6) is 5.75 Å². The highest BCUT2D eigenvalue weighted by atomic mass is 79.9. The topological polar surface area (TPSA) is 78.4 Å². The molecule has 2 aromatic rings. The summed E-state index contributed by atoms with van der Waals surface area (Å²) in [5.41, 5.74) is 1.68. The first kappa shape index (κ1) is 20.3. The van der Waals surface area contributed by atoms with Crippen LogP contribution in [-0.4, -0.2) is 35.0 Å². The third-order valence-corrected chi connectivity index (χ3v) is 5.10. The molecule has 1 unspecified atom stereocenters. The summed E-state index contributed by atoms with van der Waals surface area (Å²) in [5, 5.41) is 15.5. The van der Waals surface area contributed by atoms with E-state index in [-0.39, 0.29) is 17.6 Å². The number of aryl methyl sites for hydroxylation is 1. The molecule has 138 valence electrons. The summed E-state index contributed by atoms with van der Waals surface area (Å²) in [4.78, 5) is 25.2. The molecule has 2 aromatic carbocycles. The predicted octanol–water partition coefficient (Wildman–Crippen LogP) is 3.95. The highest BCUT2D eigenvalue weighted by Crippen LogP contribution is 2.24.